The summed E-state index contributed by atoms with van der Waals surface area (Å²) in [4.78, 5) is 40.4. The molecular formula is C21H19FN2O5. The van der Waals surface area contributed by atoms with Crippen LogP contribution in [0, 0.1) is 5.82 Å². The minimum atomic E-state index is -0.774. The molecule has 0 saturated heterocycles. The minimum absolute atomic E-state index is 0.0806. The summed E-state index contributed by atoms with van der Waals surface area (Å²) in [6.45, 7) is -0.375. The van der Waals surface area contributed by atoms with Crippen LogP contribution in [-0.4, -0.2) is 42.5 Å². The van der Waals surface area contributed by atoms with Crippen molar-refractivity contribution in [2.45, 2.75) is 6.54 Å². The van der Waals surface area contributed by atoms with Gasteiger partial charge in [-0.15, -0.1) is 0 Å². The fourth-order valence-corrected chi connectivity index (χ4v) is 2.86. The van der Waals surface area contributed by atoms with Crippen LogP contribution in [0.2, 0.25) is 0 Å². The van der Waals surface area contributed by atoms with Gasteiger partial charge in [-0.05, 0) is 23.8 Å². The van der Waals surface area contributed by atoms with Crippen LogP contribution < -0.4 is 10.3 Å². The Hall–Kier alpha value is -3.68. The first-order chi connectivity index (χ1) is 13.9. The third kappa shape index (κ3) is 4.60. The second kappa shape index (κ2) is 8.55. The Morgan fingerprint density at radius 1 is 1.14 bits per heavy atom. The number of nitrogens with one attached hydrogen (secondary N) is 1. The van der Waals surface area contributed by atoms with Crippen molar-refractivity contribution in [3.63, 3.8) is 0 Å². The molecule has 0 fully saturated rings. The molecule has 0 unspecified atom stereocenters. The van der Waals surface area contributed by atoms with Crippen LogP contribution in [0.5, 0.6) is 5.75 Å². The molecule has 3 rings (SSSR count). The summed E-state index contributed by atoms with van der Waals surface area (Å²) >= 11 is 0. The van der Waals surface area contributed by atoms with E-state index in [1.54, 1.807) is 30.3 Å². The maximum absolute atomic E-state index is 13.8. The Morgan fingerprint density at radius 3 is 2.62 bits per heavy atom. The topological polar surface area (TPSA) is 88.7 Å². The first-order valence-corrected chi connectivity index (χ1v) is 8.74. The maximum atomic E-state index is 13.8. The number of para-hydroxylation sites is 1. The zero-order chi connectivity index (χ0) is 21.0. The van der Waals surface area contributed by atoms with E-state index in [1.165, 1.54) is 31.2 Å². The molecule has 0 aliphatic carbocycles. The number of methoxy groups -OCH3 is 1. The molecule has 0 radical (unpaired) electrons. The predicted octanol–water partition coefficient (Wildman–Crippen LogP) is 2.49. The number of aromatic amines is 1. The van der Waals surface area contributed by atoms with Crippen molar-refractivity contribution in [2.24, 2.45) is 0 Å². The van der Waals surface area contributed by atoms with Gasteiger partial charge in [-0.25, -0.2) is 9.18 Å². The van der Waals surface area contributed by atoms with E-state index >= 15 is 0 Å². The number of esters is 1. The zero-order valence-corrected chi connectivity index (χ0v) is 15.9. The molecule has 1 aromatic heterocycles. The molecule has 0 atom stereocenters. The van der Waals surface area contributed by atoms with E-state index in [4.69, 9.17) is 9.47 Å². The summed E-state index contributed by atoms with van der Waals surface area (Å²) in [6.07, 6.45) is 0. The lowest BCUT2D eigenvalue weighted by atomic mass is 10.1. The Morgan fingerprint density at radius 2 is 1.90 bits per heavy atom. The van der Waals surface area contributed by atoms with Crippen LogP contribution >= 0.6 is 0 Å². The molecule has 0 aliphatic rings. The van der Waals surface area contributed by atoms with E-state index in [-0.39, 0.29) is 17.9 Å². The molecule has 8 heteroatoms. The van der Waals surface area contributed by atoms with Crippen LogP contribution in [-0.2, 0) is 16.1 Å². The van der Waals surface area contributed by atoms with Gasteiger partial charge in [0.05, 0.1) is 12.7 Å². The van der Waals surface area contributed by atoms with Crippen molar-refractivity contribution in [1.29, 1.82) is 0 Å². The molecule has 7 nitrogen and oxygen atoms in total. The molecule has 1 N–H and O–H groups in total. The Bertz CT molecular complexity index is 1130. The lowest BCUT2D eigenvalue weighted by Crippen LogP contribution is -2.31. The first kappa shape index (κ1) is 20.1. The molecule has 0 aliphatic heterocycles. The quantitative estimate of drug-likeness (QED) is 0.645. The number of rotatable bonds is 6. The average molecular weight is 398 g/mol. The van der Waals surface area contributed by atoms with Crippen molar-refractivity contribution in [2.75, 3.05) is 20.8 Å². The normalized spacial score (nSPS) is 10.6. The summed E-state index contributed by atoms with van der Waals surface area (Å²) in [5.41, 5.74) is 0.695. The summed E-state index contributed by atoms with van der Waals surface area (Å²) in [5, 5.41) is 0.520. The van der Waals surface area contributed by atoms with E-state index in [9.17, 15) is 18.8 Å². The molecule has 1 amide bonds. The van der Waals surface area contributed by atoms with Crippen molar-refractivity contribution in [3.05, 3.63) is 75.8 Å². The van der Waals surface area contributed by atoms with Crippen LogP contribution in [0.3, 0.4) is 0 Å². The molecule has 2 aromatic carbocycles. The highest BCUT2D eigenvalue weighted by atomic mass is 19.1. The second-order valence-corrected chi connectivity index (χ2v) is 6.39. The highest BCUT2D eigenvalue weighted by Crippen LogP contribution is 2.19. The summed E-state index contributed by atoms with van der Waals surface area (Å²) in [7, 11) is 2.88. The van der Waals surface area contributed by atoms with Crippen molar-refractivity contribution in [3.8, 4) is 5.75 Å². The number of pyridine rings is 1. The van der Waals surface area contributed by atoms with Gasteiger partial charge in [0.25, 0.3) is 5.91 Å². The van der Waals surface area contributed by atoms with Crippen LogP contribution in [0.4, 0.5) is 4.39 Å². The van der Waals surface area contributed by atoms with E-state index in [2.05, 4.69) is 4.98 Å². The molecular weight excluding hydrogens is 379 g/mol. The lowest BCUT2D eigenvalue weighted by Gasteiger charge is -2.17. The Kier molecular flexibility index (Phi) is 5.92. The monoisotopic (exact) mass is 398 g/mol. The number of carbonyl (C=O) groups is 2. The number of carbonyl (C=O) groups excluding carboxylic acids is 2. The van der Waals surface area contributed by atoms with Crippen molar-refractivity contribution < 1.29 is 23.5 Å². The van der Waals surface area contributed by atoms with Gasteiger partial charge in [-0.2, -0.15) is 0 Å². The summed E-state index contributed by atoms with van der Waals surface area (Å²) < 4.78 is 23.7. The number of aromatic nitrogens is 1. The van der Waals surface area contributed by atoms with Crippen molar-refractivity contribution in [1.82, 2.24) is 9.88 Å². The maximum Gasteiger partial charge on any atom is 0.339 e. The van der Waals surface area contributed by atoms with Gasteiger partial charge >= 0.3 is 5.97 Å². The molecule has 3 aromatic rings. The number of likely N-dealkylation sites (N-methyl/N-ethyl adjacent to an activating group) is 1. The number of amides is 1. The van der Waals surface area contributed by atoms with Gasteiger partial charge in [0.1, 0.15) is 0 Å². The Balaban J connectivity index is 1.65. The van der Waals surface area contributed by atoms with Crippen LogP contribution in [0.25, 0.3) is 10.9 Å². The number of hydrogen-bond acceptors (Lipinski definition) is 5. The number of hydrogen-bond donors (Lipinski definition) is 1. The third-order valence-corrected chi connectivity index (χ3v) is 4.36. The number of H-pyrrole nitrogens is 1. The van der Waals surface area contributed by atoms with Gasteiger partial charge in [0.15, 0.2) is 18.2 Å². The van der Waals surface area contributed by atoms with Gasteiger partial charge in [-0.3, -0.25) is 9.59 Å². The molecule has 0 spiro atoms. The van der Waals surface area contributed by atoms with Gasteiger partial charge in [-0.1, -0.05) is 24.3 Å². The lowest BCUT2D eigenvalue weighted by molar-refractivity contribution is -0.133. The SMILES string of the molecule is COc1ccc(CN(C)C(=O)COC(=O)c2cc(=O)[nH]c3ccccc23)cc1F. The largest absolute Gasteiger partial charge is 0.494 e. The highest BCUT2D eigenvalue weighted by molar-refractivity contribution is 6.03. The first-order valence-electron chi connectivity index (χ1n) is 8.74. The van der Waals surface area contributed by atoms with Gasteiger partial charge in [0, 0.05) is 30.6 Å². The Labute approximate surface area is 165 Å². The van der Waals surface area contributed by atoms with E-state index in [1.807, 2.05) is 0 Å². The number of benzene rings is 2. The summed E-state index contributed by atoms with van der Waals surface area (Å²) in [6, 6.07) is 12.3. The molecule has 1 heterocycles. The molecule has 29 heavy (non-hydrogen) atoms. The third-order valence-electron chi connectivity index (χ3n) is 4.36. The average Bonchev–Trinajstić information content (AvgIpc) is 2.71. The van der Waals surface area contributed by atoms with E-state index in [0.717, 1.165) is 6.07 Å². The smallest absolute Gasteiger partial charge is 0.339 e. The number of ether oxygens (including phenoxy) is 2. The van der Waals surface area contributed by atoms with Crippen molar-refractivity contribution >= 4 is 22.8 Å². The van der Waals surface area contributed by atoms with E-state index < -0.39 is 29.9 Å². The zero-order valence-electron chi connectivity index (χ0n) is 15.9. The van der Waals surface area contributed by atoms with E-state index in [0.29, 0.717) is 16.5 Å². The fraction of sp³-hybridized carbons (Fsp3) is 0.190. The predicted molar refractivity (Wildman–Crippen MR) is 104 cm³/mol. The molecule has 150 valence electrons. The van der Waals surface area contributed by atoms with Crippen LogP contribution in [0.15, 0.2) is 53.3 Å². The number of nitrogens with zero attached hydrogens (tertiary/aromatic N) is 1. The fourth-order valence-electron chi connectivity index (χ4n) is 2.86. The number of fused-ring (bicyclic) bond motifs is 1. The minimum Gasteiger partial charge on any atom is -0.494 e. The van der Waals surface area contributed by atoms with Gasteiger partial charge in [0.2, 0.25) is 5.56 Å². The second-order valence-electron chi connectivity index (χ2n) is 6.39. The number of halogens is 1. The highest BCUT2D eigenvalue weighted by Gasteiger charge is 2.17. The summed E-state index contributed by atoms with van der Waals surface area (Å²) in [5.74, 6) is -1.66. The van der Waals surface area contributed by atoms with Gasteiger partial charge < -0.3 is 19.4 Å². The molecule has 0 bridgehead atoms. The van der Waals surface area contributed by atoms with Crippen LogP contribution in [0.1, 0.15) is 15.9 Å². The molecule has 0 saturated carbocycles. The standard InChI is InChI=1S/C21H19FN2O5/c1-24(11-13-7-8-18(28-2)16(22)9-13)20(26)12-29-21(27)15-10-19(25)23-17-6-4-3-5-14(15)17/h3-10H,11-12H2,1-2H3,(H,23,25).